The standard InChI is InChI=1S/C17H16ClN.ClH/c1-17-10-12-5-3-2-4-11(12)8-16(19-17)14-9-13(18)6-7-15(14)17;/h2-7,9,16,19H,8,10H2,1H3;1H. The van der Waals surface area contributed by atoms with Crippen LogP contribution in [-0.4, -0.2) is 0 Å². The molecule has 0 saturated heterocycles. The molecule has 2 heterocycles. The van der Waals surface area contributed by atoms with Gasteiger partial charge in [-0.1, -0.05) is 41.9 Å². The largest absolute Gasteiger partial charge is 0.300 e. The third kappa shape index (κ3) is 1.96. The number of halogens is 2. The van der Waals surface area contributed by atoms with Crippen molar-refractivity contribution in [1.82, 2.24) is 5.32 Å². The van der Waals surface area contributed by atoms with Gasteiger partial charge in [-0.15, -0.1) is 12.4 Å². The number of hydrogen-bond acceptors (Lipinski definition) is 1. The van der Waals surface area contributed by atoms with Crippen molar-refractivity contribution in [1.29, 1.82) is 0 Å². The molecular formula is C17H17Cl2N. The highest BCUT2D eigenvalue weighted by atomic mass is 35.5. The second kappa shape index (κ2) is 4.77. The van der Waals surface area contributed by atoms with Crippen LogP contribution in [0.2, 0.25) is 5.02 Å². The number of nitrogens with one attached hydrogen (secondary N) is 1. The van der Waals surface area contributed by atoms with E-state index in [-0.39, 0.29) is 17.9 Å². The van der Waals surface area contributed by atoms with Crippen LogP contribution < -0.4 is 5.32 Å². The van der Waals surface area contributed by atoms with E-state index in [1.807, 2.05) is 6.07 Å². The summed E-state index contributed by atoms with van der Waals surface area (Å²) in [5.41, 5.74) is 5.77. The van der Waals surface area contributed by atoms with Crippen LogP contribution in [0, 0.1) is 0 Å². The van der Waals surface area contributed by atoms with E-state index in [1.54, 1.807) is 0 Å². The maximum Gasteiger partial charge on any atom is 0.0455 e. The molecule has 2 atom stereocenters. The first-order valence-corrected chi connectivity index (χ1v) is 7.18. The second-order valence-electron chi connectivity index (χ2n) is 5.91. The Morgan fingerprint density at radius 2 is 1.90 bits per heavy atom. The van der Waals surface area contributed by atoms with E-state index in [2.05, 4.69) is 48.6 Å². The topological polar surface area (TPSA) is 12.0 Å². The van der Waals surface area contributed by atoms with Crippen LogP contribution >= 0.6 is 24.0 Å². The maximum absolute atomic E-state index is 6.17. The van der Waals surface area contributed by atoms with Crippen LogP contribution in [-0.2, 0) is 18.4 Å². The lowest BCUT2D eigenvalue weighted by molar-refractivity contribution is 0.368. The molecule has 1 nitrogen and oxygen atoms in total. The van der Waals surface area contributed by atoms with E-state index < -0.39 is 0 Å². The lowest BCUT2D eigenvalue weighted by Gasteiger charge is -2.26. The van der Waals surface area contributed by atoms with Gasteiger partial charge < -0.3 is 5.32 Å². The highest BCUT2D eigenvalue weighted by Gasteiger charge is 2.42. The fourth-order valence-electron chi connectivity index (χ4n) is 3.70. The van der Waals surface area contributed by atoms with E-state index in [0.29, 0.717) is 6.04 Å². The molecule has 2 aliphatic rings. The van der Waals surface area contributed by atoms with Crippen molar-refractivity contribution in [3.63, 3.8) is 0 Å². The number of hydrogen-bond donors (Lipinski definition) is 1. The lowest BCUT2D eigenvalue weighted by atomic mass is 9.82. The van der Waals surface area contributed by atoms with Crippen molar-refractivity contribution in [2.24, 2.45) is 0 Å². The molecule has 2 aliphatic heterocycles. The van der Waals surface area contributed by atoms with Crippen LogP contribution in [0.15, 0.2) is 42.5 Å². The fourth-order valence-corrected chi connectivity index (χ4v) is 3.88. The number of benzene rings is 2. The van der Waals surface area contributed by atoms with Crippen molar-refractivity contribution in [3.8, 4) is 0 Å². The highest BCUT2D eigenvalue weighted by molar-refractivity contribution is 6.30. The molecule has 0 amide bonds. The zero-order valence-corrected chi connectivity index (χ0v) is 12.9. The minimum absolute atomic E-state index is 0. The predicted octanol–water partition coefficient (Wildman–Crippen LogP) is 4.42. The molecule has 1 N–H and O–H groups in total. The minimum atomic E-state index is 0. The van der Waals surface area contributed by atoms with E-state index in [9.17, 15) is 0 Å². The average molecular weight is 306 g/mol. The SMILES string of the molecule is CC12Cc3ccccc3CC(N1)c1cc(Cl)ccc12.Cl. The summed E-state index contributed by atoms with van der Waals surface area (Å²) in [5.74, 6) is 0. The van der Waals surface area contributed by atoms with Crippen LogP contribution in [0.5, 0.6) is 0 Å². The summed E-state index contributed by atoms with van der Waals surface area (Å²) in [6, 6.07) is 15.5. The molecule has 2 aromatic rings. The van der Waals surface area contributed by atoms with Crippen molar-refractivity contribution in [3.05, 3.63) is 69.7 Å². The summed E-state index contributed by atoms with van der Waals surface area (Å²) in [6.45, 7) is 2.31. The molecule has 2 unspecified atom stereocenters. The van der Waals surface area contributed by atoms with E-state index in [1.165, 1.54) is 22.3 Å². The molecule has 0 saturated carbocycles. The zero-order chi connectivity index (χ0) is 13.0. The Kier molecular flexibility index (Phi) is 3.32. The summed E-state index contributed by atoms with van der Waals surface area (Å²) in [6.07, 6.45) is 2.10. The molecule has 3 heteroatoms. The fraction of sp³-hybridized carbons (Fsp3) is 0.294. The Balaban J connectivity index is 0.00000121. The zero-order valence-electron chi connectivity index (χ0n) is 11.3. The molecule has 2 aromatic carbocycles. The summed E-state index contributed by atoms with van der Waals surface area (Å²) >= 11 is 6.17. The average Bonchev–Trinajstić information content (AvgIpc) is 2.55. The van der Waals surface area contributed by atoms with Crippen LogP contribution in [0.3, 0.4) is 0 Å². The van der Waals surface area contributed by atoms with Gasteiger partial charge in [0.2, 0.25) is 0 Å². The third-order valence-electron chi connectivity index (χ3n) is 4.56. The van der Waals surface area contributed by atoms with Gasteiger partial charge in [0.1, 0.15) is 0 Å². The molecule has 0 spiro atoms. The minimum Gasteiger partial charge on any atom is -0.300 e. The number of rotatable bonds is 0. The first kappa shape index (κ1) is 13.9. The van der Waals surface area contributed by atoms with E-state index in [0.717, 1.165) is 17.9 Å². The van der Waals surface area contributed by atoms with Crippen LogP contribution in [0.4, 0.5) is 0 Å². The maximum atomic E-state index is 6.17. The van der Waals surface area contributed by atoms with Gasteiger partial charge in [-0.2, -0.15) is 0 Å². The van der Waals surface area contributed by atoms with Gasteiger partial charge in [0.05, 0.1) is 0 Å². The Morgan fingerprint density at radius 1 is 1.15 bits per heavy atom. The van der Waals surface area contributed by atoms with Gasteiger partial charge in [-0.3, -0.25) is 0 Å². The quantitative estimate of drug-likeness (QED) is 0.760. The predicted molar refractivity (Wildman–Crippen MR) is 85.8 cm³/mol. The van der Waals surface area contributed by atoms with E-state index in [4.69, 9.17) is 11.6 Å². The molecule has 0 fully saturated rings. The molecule has 20 heavy (non-hydrogen) atoms. The smallest absolute Gasteiger partial charge is 0.0455 e. The molecule has 2 bridgehead atoms. The molecule has 0 aromatic heterocycles. The second-order valence-corrected chi connectivity index (χ2v) is 6.35. The van der Waals surface area contributed by atoms with Gasteiger partial charge in [-0.05, 0) is 54.2 Å². The summed E-state index contributed by atoms with van der Waals surface area (Å²) < 4.78 is 0. The first-order chi connectivity index (χ1) is 9.16. The van der Waals surface area contributed by atoms with Crippen LogP contribution in [0.1, 0.15) is 35.2 Å². The first-order valence-electron chi connectivity index (χ1n) is 6.80. The summed E-state index contributed by atoms with van der Waals surface area (Å²) in [5, 5.41) is 4.65. The van der Waals surface area contributed by atoms with Gasteiger partial charge >= 0.3 is 0 Å². The Bertz CT molecular complexity index is 668. The van der Waals surface area contributed by atoms with Gasteiger partial charge in [0.25, 0.3) is 0 Å². The van der Waals surface area contributed by atoms with Gasteiger partial charge in [-0.25, -0.2) is 0 Å². The van der Waals surface area contributed by atoms with Crippen molar-refractivity contribution < 1.29 is 0 Å². The number of fused-ring (bicyclic) bond motifs is 6. The Hall–Kier alpha value is -1.02. The normalized spacial score (nSPS) is 26.2. The monoisotopic (exact) mass is 305 g/mol. The summed E-state index contributed by atoms with van der Waals surface area (Å²) in [7, 11) is 0. The van der Waals surface area contributed by atoms with Crippen molar-refractivity contribution in [2.45, 2.75) is 31.3 Å². The van der Waals surface area contributed by atoms with Crippen molar-refractivity contribution in [2.75, 3.05) is 0 Å². The van der Waals surface area contributed by atoms with Crippen LogP contribution in [0.25, 0.3) is 0 Å². The highest BCUT2D eigenvalue weighted by Crippen LogP contribution is 2.44. The van der Waals surface area contributed by atoms with Crippen molar-refractivity contribution >= 4 is 24.0 Å². The van der Waals surface area contributed by atoms with Gasteiger partial charge in [0.15, 0.2) is 0 Å². The lowest BCUT2D eigenvalue weighted by Crippen LogP contribution is -2.36. The third-order valence-corrected chi connectivity index (χ3v) is 4.80. The van der Waals surface area contributed by atoms with E-state index >= 15 is 0 Å². The Morgan fingerprint density at radius 3 is 2.70 bits per heavy atom. The summed E-state index contributed by atoms with van der Waals surface area (Å²) in [4.78, 5) is 0. The van der Waals surface area contributed by atoms with Gasteiger partial charge in [0, 0.05) is 16.6 Å². The molecule has 104 valence electrons. The molecule has 0 radical (unpaired) electrons. The Labute approximate surface area is 130 Å². The molecule has 4 rings (SSSR count). The molecule has 0 aliphatic carbocycles. The molecular weight excluding hydrogens is 289 g/mol.